The van der Waals surface area contributed by atoms with Crippen molar-refractivity contribution < 1.29 is 13.2 Å². The smallest absolute Gasteiger partial charge is 0.370 e. The van der Waals surface area contributed by atoms with Gasteiger partial charge in [0, 0.05) is 63.0 Å². The van der Waals surface area contributed by atoms with Crippen LogP contribution >= 0.6 is 11.8 Å². The number of alkyl halides is 3. The van der Waals surface area contributed by atoms with Gasteiger partial charge in [0.25, 0.3) is 0 Å². The van der Waals surface area contributed by atoms with Crippen LogP contribution in [0.1, 0.15) is 18.4 Å². The summed E-state index contributed by atoms with van der Waals surface area (Å²) in [4.78, 5) is 11.1. The van der Waals surface area contributed by atoms with Crippen molar-refractivity contribution in [3.8, 4) is 0 Å². The summed E-state index contributed by atoms with van der Waals surface area (Å²) in [6.45, 7) is 6.94. The number of thioether (sulfide) groups is 1. The first-order chi connectivity index (χ1) is 13.9. The molecule has 2 heterocycles. The van der Waals surface area contributed by atoms with Crippen molar-refractivity contribution >= 4 is 23.4 Å². The summed E-state index contributed by atoms with van der Waals surface area (Å²) in [5.74, 6) is 2.89. The van der Waals surface area contributed by atoms with E-state index in [1.54, 1.807) is 6.07 Å². The molecule has 2 N–H and O–H groups in total. The second kappa shape index (κ2) is 10.4. The lowest BCUT2D eigenvalue weighted by Gasteiger charge is -2.36. The molecule has 2 saturated heterocycles. The molecule has 0 spiro atoms. The van der Waals surface area contributed by atoms with Crippen molar-refractivity contribution in [3.63, 3.8) is 0 Å². The van der Waals surface area contributed by atoms with Gasteiger partial charge in [0.1, 0.15) is 0 Å². The number of aliphatic imine (C=N–C) groups is 1. The highest BCUT2D eigenvalue weighted by Gasteiger charge is 2.31. The Morgan fingerprint density at radius 2 is 1.76 bits per heavy atom. The van der Waals surface area contributed by atoms with E-state index in [-0.39, 0.29) is 0 Å². The molecule has 0 amide bonds. The highest BCUT2D eigenvalue weighted by molar-refractivity contribution is 7.99. The van der Waals surface area contributed by atoms with Gasteiger partial charge < -0.3 is 15.5 Å². The molecule has 2 aliphatic rings. The lowest BCUT2D eigenvalue weighted by Crippen LogP contribution is -2.46. The van der Waals surface area contributed by atoms with E-state index in [0.717, 1.165) is 82.8 Å². The predicted octanol–water partition coefficient (Wildman–Crippen LogP) is 2.97. The number of anilines is 1. The third-order valence-corrected chi connectivity index (χ3v) is 6.34. The van der Waals surface area contributed by atoms with Crippen molar-refractivity contribution in [2.75, 3.05) is 68.8 Å². The summed E-state index contributed by atoms with van der Waals surface area (Å²) in [5, 5.41) is 0. The fourth-order valence-corrected chi connectivity index (χ4v) is 4.54. The molecule has 0 bridgehead atoms. The summed E-state index contributed by atoms with van der Waals surface area (Å²) in [6.07, 6.45) is -2.25. The number of benzene rings is 1. The first-order valence-corrected chi connectivity index (χ1v) is 11.4. The van der Waals surface area contributed by atoms with E-state index in [0.29, 0.717) is 11.6 Å². The lowest BCUT2D eigenvalue weighted by molar-refractivity contribution is -0.137. The Bertz CT molecular complexity index is 668. The molecule has 0 atom stereocenters. The first-order valence-electron chi connectivity index (χ1n) is 10.2. The molecule has 5 nitrogen and oxygen atoms in total. The highest BCUT2D eigenvalue weighted by atomic mass is 32.2. The number of unbranched alkanes of at least 4 members (excludes halogenated alkanes) is 1. The largest absolute Gasteiger partial charge is 0.416 e. The monoisotopic (exact) mass is 429 g/mol. The topological polar surface area (TPSA) is 48.1 Å². The number of rotatable bonds is 6. The average molecular weight is 430 g/mol. The van der Waals surface area contributed by atoms with Crippen LogP contribution in [0.5, 0.6) is 0 Å². The third-order valence-electron chi connectivity index (χ3n) is 5.40. The predicted molar refractivity (Wildman–Crippen MR) is 115 cm³/mol. The van der Waals surface area contributed by atoms with Crippen LogP contribution in [0, 0.1) is 0 Å². The molecule has 0 saturated carbocycles. The third kappa shape index (κ3) is 6.70. The van der Waals surface area contributed by atoms with Crippen LogP contribution in [0.25, 0.3) is 0 Å². The molecule has 2 aliphatic heterocycles. The minimum Gasteiger partial charge on any atom is -0.370 e. The van der Waals surface area contributed by atoms with Gasteiger partial charge in [0.15, 0.2) is 5.96 Å². The molecule has 1 aromatic carbocycles. The second-order valence-electron chi connectivity index (χ2n) is 7.42. The van der Waals surface area contributed by atoms with Gasteiger partial charge in [-0.3, -0.25) is 9.89 Å². The van der Waals surface area contributed by atoms with Crippen LogP contribution in [-0.4, -0.2) is 79.6 Å². The van der Waals surface area contributed by atoms with Crippen LogP contribution in [0.3, 0.4) is 0 Å². The standard InChI is InChI=1S/C20H30F3N5S/c21-20(22,23)17-4-3-5-18(16-17)27-10-8-26(9-11-27)7-2-1-6-25-19(24)28-12-14-29-15-13-28/h3-5,16H,1-2,6-15H2,(H2,24,25). The van der Waals surface area contributed by atoms with Crippen molar-refractivity contribution in [1.29, 1.82) is 0 Å². The number of halogens is 3. The molecule has 1 aromatic rings. The van der Waals surface area contributed by atoms with Crippen LogP contribution in [0.2, 0.25) is 0 Å². The van der Waals surface area contributed by atoms with Crippen molar-refractivity contribution in [3.05, 3.63) is 29.8 Å². The lowest BCUT2D eigenvalue weighted by atomic mass is 10.1. The van der Waals surface area contributed by atoms with Crippen LogP contribution in [-0.2, 0) is 6.18 Å². The second-order valence-corrected chi connectivity index (χ2v) is 8.65. The SMILES string of the molecule is NC(=NCCCCN1CCN(c2cccc(C(F)(F)F)c2)CC1)N1CCSCC1. The van der Waals surface area contributed by atoms with E-state index in [2.05, 4.69) is 14.8 Å². The van der Waals surface area contributed by atoms with E-state index in [1.807, 2.05) is 16.7 Å². The van der Waals surface area contributed by atoms with Crippen LogP contribution in [0.15, 0.2) is 29.3 Å². The Hall–Kier alpha value is -1.61. The van der Waals surface area contributed by atoms with Gasteiger partial charge in [-0.15, -0.1) is 0 Å². The molecule has 0 radical (unpaired) electrons. The molecule has 2 fully saturated rings. The maximum atomic E-state index is 12.9. The van der Waals surface area contributed by atoms with Crippen LogP contribution in [0.4, 0.5) is 18.9 Å². The number of hydrogen-bond donors (Lipinski definition) is 1. The van der Waals surface area contributed by atoms with Gasteiger partial charge in [-0.2, -0.15) is 24.9 Å². The Morgan fingerprint density at radius 1 is 1.03 bits per heavy atom. The summed E-state index contributed by atoms with van der Waals surface area (Å²) >= 11 is 1.95. The average Bonchev–Trinajstić information content (AvgIpc) is 2.74. The maximum Gasteiger partial charge on any atom is 0.416 e. The van der Waals surface area contributed by atoms with Crippen LogP contribution < -0.4 is 10.6 Å². The Morgan fingerprint density at radius 3 is 2.45 bits per heavy atom. The quantitative estimate of drug-likeness (QED) is 0.428. The number of guanidine groups is 1. The van der Waals surface area contributed by atoms with Crippen molar-refractivity contribution in [2.45, 2.75) is 19.0 Å². The van der Waals surface area contributed by atoms with Crippen molar-refractivity contribution in [2.24, 2.45) is 10.7 Å². The van der Waals surface area contributed by atoms with E-state index in [9.17, 15) is 13.2 Å². The molecule has 3 rings (SSSR count). The zero-order valence-electron chi connectivity index (χ0n) is 16.7. The molecule has 29 heavy (non-hydrogen) atoms. The summed E-state index contributed by atoms with van der Waals surface area (Å²) in [6, 6.07) is 5.62. The van der Waals surface area contributed by atoms with Gasteiger partial charge in [-0.05, 0) is 37.6 Å². The van der Waals surface area contributed by atoms with E-state index >= 15 is 0 Å². The molecule has 0 aliphatic carbocycles. The maximum absolute atomic E-state index is 12.9. The van der Waals surface area contributed by atoms with Crippen molar-refractivity contribution in [1.82, 2.24) is 9.80 Å². The minimum absolute atomic E-state index is 0.583. The number of piperazine rings is 1. The molecular weight excluding hydrogens is 399 g/mol. The Labute approximate surface area is 175 Å². The summed E-state index contributed by atoms with van der Waals surface area (Å²) in [5.41, 5.74) is 6.13. The van der Waals surface area contributed by atoms with Gasteiger partial charge in [-0.25, -0.2) is 0 Å². The van der Waals surface area contributed by atoms with Gasteiger partial charge in [-0.1, -0.05) is 6.07 Å². The fraction of sp³-hybridized carbons (Fsp3) is 0.650. The Kier molecular flexibility index (Phi) is 7.94. The Balaban J connectivity index is 1.35. The van der Waals surface area contributed by atoms with Gasteiger partial charge in [0.2, 0.25) is 0 Å². The van der Waals surface area contributed by atoms with Gasteiger partial charge in [0.05, 0.1) is 5.56 Å². The summed E-state index contributed by atoms with van der Waals surface area (Å²) < 4.78 is 38.7. The fourth-order valence-electron chi connectivity index (χ4n) is 3.64. The zero-order valence-corrected chi connectivity index (χ0v) is 17.5. The number of nitrogens with two attached hydrogens (primary N) is 1. The van der Waals surface area contributed by atoms with E-state index < -0.39 is 11.7 Å². The summed E-state index contributed by atoms with van der Waals surface area (Å²) in [7, 11) is 0. The van der Waals surface area contributed by atoms with E-state index in [4.69, 9.17) is 5.73 Å². The normalized spacial score (nSPS) is 19.6. The molecule has 0 aromatic heterocycles. The molecule has 0 unspecified atom stereocenters. The highest BCUT2D eigenvalue weighted by Crippen LogP contribution is 2.31. The first kappa shape index (κ1) is 22.1. The number of hydrogen-bond acceptors (Lipinski definition) is 4. The van der Waals surface area contributed by atoms with Gasteiger partial charge >= 0.3 is 6.18 Å². The molecular formula is C20H30F3N5S. The van der Waals surface area contributed by atoms with E-state index in [1.165, 1.54) is 12.1 Å². The minimum atomic E-state index is -4.29. The zero-order chi connectivity index (χ0) is 20.7. The molecule has 162 valence electrons. The number of nitrogens with zero attached hydrogens (tertiary/aromatic N) is 4. The molecule has 9 heteroatoms.